The number of nitrogens with zero attached hydrogens (tertiary/aromatic N) is 3. The van der Waals surface area contributed by atoms with Crippen LogP contribution in [0.15, 0.2) is 6.07 Å². The zero-order valence-electron chi connectivity index (χ0n) is 11.7. The molecule has 0 saturated heterocycles. The molecule has 1 aromatic heterocycles. The molecule has 2 rings (SSSR count). The van der Waals surface area contributed by atoms with Gasteiger partial charge in [0.15, 0.2) is 0 Å². The van der Waals surface area contributed by atoms with Gasteiger partial charge in [0.1, 0.15) is 17.5 Å². The summed E-state index contributed by atoms with van der Waals surface area (Å²) in [5.41, 5.74) is 0. The average Bonchev–Trinajstić information content (AvgIpc) is 3.20. The first kappa shape index (κ1) is 13.6. The van der Waals surface area contributed by atoms with Crippen molar-refractivity contribution in [2.24, 2.45) is 0 Å². The standard InChI is InChI=1S/C13H21N5O/c1-4-14-10-7-11(15-8-12(19)18(2)3)17-13(16-10)9-5-6-9/h7,9H,4-6,8H2,1-3H3,(H2,14,15,16,17). The van der Waals surface area contributed by atoms with Gasteiger partial charge < -0.3 is 15.5 Å². The Balaban J connectivity index is 2.07. The van der Waals surface area contributed by atoms with Crippen molar-refractivity contribution in [1.29, 1.82) is 0 Å². The number of aromatic nitrogens is 2. The van der Waals surface area contributed by atoms with Gasteiger partial charge in [0.05, 0.1) is 6.54 Å². The minimum absolute atomic E-state index is 0.0246. The Bertz CT molecular complexity index is 456. The van der Waals surface area contributed by atoms with Gasteiger partial charge in [-0.05, 0) is 19.8 Å². The average molecular weight is 263 g/mol. The van der Waals surface area contributed by atoms with Gasteiger partial charge >= 0.3 is 0 Å². The molecule has 0 aromatic carbocycles. The molecule has 104 valence electrons. The number of carbonyl (C=O) groups excluding carboxylic acids is 1. The van der Waals surface area contributed by atoms with Crippen LogP contribution in [0.3, 0.4) is 0 Å². The number of rotatable bonds is 6. The van der Waals surface area contributed by atoms with Crippen LogP contribution in [0.25, 0.3) is 0 Å². The van der Waals surface area contributed by atoms with Crippen LogP contribution in [-0.4, -0.2) is 48.0 Å². The van der Waals surface area contributed by atoms with E-state index in [1.165, 1.54) is 0 Å². The molecule has 1 aliphatic rings. The molecule has 0 radical (unpaired) electrons. The lowest BCUT2D eigenvalue weighted by Crippen LogP contribution is -2.29. The molecule has 0 bridgehead atoms. The number of hydrogen-bond acceptors (Lipinski definition) is 5. The van der Waals surface area contributed by atoms with Crippen LogP contribution in [0.5, 0.6) is 0 Å². The SMILES string of the molecule is CCNc1cc(NCC(=O)N(C)C)nc(C2CC2)n1. The summed E-state index contributed by atoms with van der Waals surface area (Å²) in [6.07, 6.45) is 2.32. The van der Waals surface area contributed by atoms with Crippen LogP contribution in [-0.2, 0) is 4.79 Å². The van der Waals surface area contributed by atoms with Gasteiger partial charge in [-0.1, -0.05) is 0 Å². The maximum atomic E-state index is 11.6. The highest BCUT2D eigenvalue weighted by molar-refractivity contribution is 5.80. The van der Waals surface area contributed by atoms with E-state index in [1.807, 2.05) is 13.0 Å². The molecule has 0 unspecified atom stereocenters. The van der Waals surface area contributed by atoms with E-state index >= 15 is 0 Å². The van der Waals surface area contributed by atoms with Gasteiger partial charge in [-0.15, -0.1) is 0 Å². The lowest BCUT2D eigenvalue weighted by atomic mass is 10.3. The highest BCUT2D eigenvalue weighted by atomic mass is 16.2. The number of anilines is 2. The highest BCUT2D eigenvalue weighted by Crippen LogP contribution is 2.38. The summed E-state index contributed by atoms with van der Waals surface area (Å²) in [5, 5.41) is 6.26. The Labute approximate surface area is 113 Å². The van der Waals surface area contributed by atoms with Crippen LogP contribution >= 0.6 is 0 Å². The molecule has 1 amide bonds. The van der Waals surface area contributed by atoms with Crippen molar-refractivity contribution in [3.8, 4) is 0 Å². The minimum atomic E-state index is 0.0246. The summed E-state index contributed by atoms with van der Waals surface area (Å²) in [5.74, 6) is 2.92. The highest BCUT2D eigenvalue weighted by Gasteiger charge is 2.27. The smallest absolute Gasteiger partial charge is 0.241 e. The molecule has 1 fully saturated rings. The van der Waals surface area contributed by atoms with E-state index in [0.29, 0.717) is 11.7 Å². The predicted molar refractivity (Wildman–Crippen MR) is 75.4 cm³/mol. The van der Waals surface area contributed by atoms with E-state index in [2.05, 4.69) is 20.6 Å². The Morgan fingerprint density at radius 1 is 1.32 bits per heavy atom. The Hall–Kier alpha value is -1.85. The third kappa shape index (κ3) is 3.81. The summed E-state index contributed by atoms with van der Waals surface area (Å²) >= 11 is 0. The molecule has 1 aliphatic carbocycles. The zero-order chi connectivity index (χ0) is 13.8. The fourth-order valence-electron chi connectivity index (χ4n) is 1.68. The molecule has 1 saturated carbocycles. The Kier molecular flexibility index (Phi) is 4.19. The lowest BCUT2D eigenvalue weighted by molar-refractivity contribution is -0.126. The first-order valence-corrected chi connectivity index (χ1v) is 6.67. The predicted octanol–water partition coefficient (Wildman–Crippen LogP) is 1.29. The van der Waals surface area contributed by atoms with Crippen molar-refractivity contribution < 1.29 is 4.79 Å². The number of likely N-dealkylation sites (N-methyl/N-ethyl adjacent to an activating group) is 1. The summed E-state index contributed by atoms with van der Waals surface area (Å²) < 4.78 is 0. The van der Waals surface area contributed by atoms with Crippen molar-refractivity contribution in [1.82, 2.24) is 14.9 Å². The maximum absolute atomic E-state index is 11.6. The van der Waals surface area contributed by atoms with Crippen LogP contribution in [0.2, 0.25) is 0 Å². The van der Waals surface area contributed by atoms with E-state index in [9.17, 15) is 4.79 Å². The van der Waals surface area contributed by atoms with Crippen LogP contribution in [0.1, 0.15) is 31.5 Å². The molecule has 6 nitrogen and oxygen atoms in total. The number of amides is 1. The third-order valence-electron chi connectivity index (χ3n) is 2.96. The molecule has 0 aliphatic heterocycles. The second-order valence-electron chi connectivity index (χ2n) is 4.94. The van der Waals surface area contributed by atoms with Crippen LogP contribution in [0, 0.1) is 0 Å². The summed E-state index contributed by atoms with van der Waals surface area (Å²) in [6, 6.07) is 1.85. The first-order valence-electron chi connectivity index (χ1n) is 6.67. The topological polar surface area (TPSA) is 70.2 Å². The molecule has 0 atom stereocenters. The zero-order valence-corrected chi connectivity index (χ0v) is 11.7. The number of nitrogens with one attached hydrogen (secondary N) is 2. The number of hydrogen-bond donors (Lipinski definition) is 2. The molecular weight excluding hydrogens is 242 g/mol. The van der Waals surface area contributed by atoms with Crippen molar-refractivity contribution in [3.63, 3.8) is 0 Å². The summed E-state index contributed by atoms with van der Waals surface area (Å²) in [4.78, 5) is 22.1. The van der Waals surface area contributed by atoms with Crippen molar-refractivity contribution in [2.45, 2.75) is 25.7 Å². The van der Waals surface area contributed by atoms with Gasteiger partial charge in [-0.2, -0.15) is 0 Å². The molecule has 1 heterocycles. The van der Waals surface area contributed by atoms with E-state index in [0.717, 1.165) is 31.0 Å². The number of carbonyl (C=O) groups is 1. The van der Waals surface area contributed by atoms with E-state index in [1.54, 1.807) is 19.0 Å². The Morgan fingerprint density at radius 3 is 2.47 bits per heavy atom. The second kappa shape index (κ2) is 5.86. The van der Waals surface area contributed by atoms with E-state index in [-0.39, 0.29) is 12.5 Å². The quantitative estimate of drug-likeness (QED) is 0.809. The minimum Gasteiger partial charge on any atom is -0.370 e. The molecule has 0 spiro atoms. The molecule has 19 heavy (non-hydrogen) atoms. The molecule has 2 N–H and O–H groups in total. The fourth-order valence-corrected chi connectivity index (χ4v) is 1.68. The summed E-state index contributed by atoms with van der Waals surface area (Å²) in [6.45, 7) is 3.10. The van der Waals surface area contributed by atoms with Gasteiger partial charge in [0.25, 0.3) is 0 Å². The third-order valence-corrected chi connectivity index (χ3v) is 2.96. The fraction of sp³-hybridized carbons (Fsp3) is 0.615. The normalized spacial score (nSPS) is 14.1. The van der Waals surface area contributed by atoms with Crippen molar-refractivity contribution >= 4 is 17.5 Å². The van der Waals surface area contributed by atoms with Crippen molar-refractivity contribution in [2.75, 3.05) is 37.8 Å². The lowest BCUT2D eigenvalue weighted by Gasteiger charge is -2.13. The van der Waals surface area contributed by atoms with E-state index in [4.69, 9.17) is 0 Å². The van der Waals surface area contributed by atoms with Crippen LogP contribution in [0.4, 0.5) is 11.6 Å². The summed E-state index contributed by atoms with van der Waals surface area (Å²) in [7, 11) is 3.48. The molecule has 1 aromatic rings. The second-order valence-corrected chi connectivity index (χ2v) is 4.94. The maximum Gasteiger partial charge on any atom is 0.241 e. The molecule has 6 heteroatoms. The van der Waals surface area contributed by atoms with Crippen molar-refractivity contribution in [3.05, 3.63) is 11.9 Å². The van der Waals surface area contributed by atoms with E-state index < -0.39 is 0 Å². The first-order chi connectivity index (χ1) is 9.10. The van der Waals surface area contributed by atoms with Gasteiger partial charge in [0.2, 0.25) is 5.91 Å². The molecular formula is C13H21N5O. The van der Waals surface area contributed by atoms with Crippen LogP contribution < -0.4 is 10.6 Å². The Morgan fingerprint density at radius 2 is 1.95 bits per heavy atom. The van der Waals surface area contributed by atoms with Gasteiger partial charge in [-0.3, -0.25) is 4.79 Å². The largest absolute Gasteiger partial charge is 0.370 e. The van der Waals surface area contributed by atoms with Gasteiger partial charge in [0, 0.05) is 32.6 Å². The monoisotopic (exact) mass is 263 g/mol. The van der Waals surface area contributed by atoms with Gasteiger partial charge in [-0.25, -0.2) is 9.97 Å².